The molecule has 0 bridgehead atoms. The maximum Gasteiger partial charge on any atom is 0.244 e. The summed E-state index contributed by atoms with van der Waals surface area (Å²) >= 11 is 0. The largest absolute Gasteiger partial charge is 0.376 e. The molecule has 4 atom stereocenters. The zero-order valence-electron chi connectivity index (χ0n) is 12.5. The SMILES string of the molecule is Cc1nn(C)c(C)c1S(=O)(=O)NC1C(N)C2CCCOC21. The van der Waals surface area contributed by atoms with Crippen molar-refractivity contribution in [2.24, 2.45) is 18.7 Å². The molecule has 0 amide bonds. The second-order valence-corrected chi connectivity index (χ2v) is 7.64. The molecule has 1 saturated heterocycles. The van der Waals surface area contributed by atoms with E-state index in [1.54, 1.807) is 25.6 Å². The second kappa shape index (κ2) is 5.05. The molecule has 3 rings (SSSR count). The Morgan fingerprint density at radius 1 is 1.43 bits per heavy atom. The highest BCUT2D eigenvalue weighted by Crippen LogP contribution is 2.37. The van der Waals surface area contributed by atoms with Crippen molar-refractivity contribution in [1.29, 1.82) is 0 Å². The van der Waals surface area contributed by atoms with E-state index < -0.39 is 10.0 Å². The van der Waals surface area contributed by atoms with Crippen molar-refractivity contribution in [2.75, 3.05) is 6.61 Å². The first-order valence-electron chi connectivity index (χ1n) is 7.22. The lowest BCUT2D eigenvalue weighted by molar-refractivity contribution is -0.114. The highest BCUT2D eigenvalue weighted by atomic mass is 32.2. The van der Waals surface area contributed by atoms with Crippen molar-refractivity contribution in [3.05, 3.63) is 11.4 Å². The van der Waals surface area contributed by atoms with E-state index in [-0.39, 0.29) is 29.0 Å². The van der Waals surface area contributed by atoms with Crippen LogP contribution in [-0.4, -0.2) is 43.0 Å². The normalized spacial score (nSPS) is 32.6. The minimum absolute atomic E-state index is 0.0965. The molecule has 4 unspecified atom stereocenters. The van der Waals surface area contributed by atoms with E-state index in [4.69, 9.17) is 10.5 Å². The molecule has 2 heterocycles. The van der Waals surface area contributed by atoms with Crippen molar-refractivity contribution in [3.63, 3.8) is 0 Å². The van der Waals surface area contributed by atoms with Gasteiger partial charge in [-0.25, -0.2) is 13.1 Å². The molecular formula is C13H22N4O3S. The van der Waals surface area contributed by atoms with E-state index in [9.17, 15) is 8.42 Å². The van der Waals surface area contributed by atoms with Crippen LogP contribution in [0.15, 0.2) is 4.90 Å². The van der Waals surface area contributed by atoms with Crippen molar-refractivity contribution >= 4 is 10.0 Å². The predicted octanol–water partition coefficient (Wildman–Crippen LogP) is -0.180. The summed E-state index contributed by atoms with van der Waals surface area (Å²) in [5, 5.41) is 4.16. The summed E-state index contributed by atoms with van der Waals surface area (Å²) in [5.41, 5.74) is 7.23. The highest BCUT2D eigenvalue weighted by Gasteiger charge is 2.52. The summed E-state index contributed by atoms with van der Waals surface area (Å²) in [7, 11) is -1.90. The Labute approximate surface area is 124 Å². The van der Waals surface area contributed by atoms with Crippen molar-refractivity contribution < 1.29 is 13.2 Å². The molecule has 1 aliphatic carbocycles. The predicted molar refractivity (Wildman–Crippen MR) is 77.2 cm³/mol. The third-order valence-corrected chi connectivity index (χ3v) is 6.39. The molecule has 7 nitrogen and oxygen atoms in total. The molecule has 0 aromatic carbocycles. The number of aromatic nitrogens is 2. The van der Waals surface area contributed by atoms with Crippen LogP contribution < -0.4 is 10.5 Å². The summed E-state index contributed by atoms with van der Waals surface area (Å²) in [6.07, 6.45) is 1.91. The van der Waals surface area contributed by atoms with Gasteiger partial charge in [0.15, 0.2) is 0 Å². The zero-order valence-corrected chi connectivity index (χ0v) is 13.4. The average Bonchev–Trinajstić information content (AvgIpc) is 2.69. The van der Waals surface area contributed by atoms with Gasteiger partial charge in [0.05, 0.1) is 23.5 Å². The molecule has 21 heavy (non-hydrogen) atoms. The molecule has 118 valence electrons. The Hall–Kier alpha value is -0.960. The number of nitrogens with two attached hydrogens (primary N) is 1. The van der Waals surface area contributed by atoms with Gasteiger partial charge in [-0.2, -0.15) is 5.10 Å². The number of aryl methyl sites for hydroxylation is 2. The molecule has 1 aliphatic heterocycles. The number of ether oxygens (including phenoxy) is 1. The van der Waals surface area contributed by atoms with Crippen LogP contribution in [0.3, 0.4) is 0 Å². The van der Waals surface area contributed by atoms with Crippen LogP contribution in [0.25, 0.3) is 0 Å². The molecule has 0 spiro atoms. The number of rotatable bonds is 3. The third kappa shape index (κ3) is 2.30. The van der Waals surface area contributed by atoms with Gasteiger partial charge in [-0.15, -0.1) is 0 Å². The fraction of sp³-hybridized carbons (Fsp3) is 0.769. The Kier molecular flexibility index (Phi) is 3.59. The molecule has 1 saturated carbocycles. The molecule has 2 fully saturated rings. The summed E-state index contributed by atoms with van der Waals surface area (Å²) in [6, 6.07) is -0.526. The third-order valence-electron chi connectivity index (χ3n) is 4.68. The Morgan fingerprint density at radius 3 is 2.76 bits per heavy atom. The minimum atomic E-state index is -3.64. The van der Waals surface area contributed by atoms with E-state index in [1.807, 2.05) is 0 Å². The highest BCUT2D eigenvalue weighted by molar-refractivity contribution is 7.89. The summed E-state index contributed by atoms with van der Waals surface area (Å²) in [6.45, 7) is 4.12. The average molecular weight is 314 g/mol. The Balaban J connectivity index is 1.84. The van der Waals surface area contributed by atoms with Gasteiger partial charge in [0.1, 0.15) is 4.90 Å². The van der Waals surface area contributed by atoms with Gasteiger partial charge < -0.3 is 10.5 Å². The van der Waals surface area contributed by atoms with E-state index >= 15 is 0 Å². The van der Waals surface area contributed by atoms with Crippen LogP contribution in [0.2, 0.25) is 0 Å². The van der Waals surface area contributed by atoms with Crippen LogP contribution in [0.4, 0.5) is 0 Å². The van der Waals surface area contributed by atoms with E-state index in [2.05, 4.69) is 9.82 Å². The lowest BCUT2D eigenvalue weighted by atomic mass is 9.69. The zero-order chi connectivity index (χ0) is 15.4. The number of hydrogen-bond acceptors (Lipinski definition) is 5. The number of nitrogens with zero attached hydrogens (tertiary/aromatic N) is 2. The molecule has 3 N–H and O–H groups in total. The summed E-state index contributed by atoms with van der Waals surface area (Å²) in [5.74, 6) is 0.266. The first-order chi connectivity index (χ1) is 9.83. The van der Waals surface area contributed by atoms with Crippen LogP contribution in [0.1, 0.15) is 24.2 Å². The standard InChI is InChI=1S/C13H22N4O3S/c1-7-13(8(2)17(3)15-7)21(18,19)16-11-10(14)9-5-4-6-20-12(9)11/h9-12,16H,4-6,14H2,1-3H3. The number of hydrogen-bond donors (Lipinski definition) is 2. The second-order valence-electron chi connectivity index (χ2n) is 5.99. The van der Waals surface area contributed by atoms with Gasteiger partial charge in [-0.1, -0.05) is 0 Å². The maximum absolute atomic E-state index is 12.6. The first-order valence-corrected chi connectivity index (χ1v) is 8.71. The Morgan fingerprint density at radius 2 is 2.14 bits per heavy atom. The van der Waals surface area contributed by atoms with E-state index in [0.29, 0.717) is 18.0 Å². The summed E-state index contributed by atoms with van der Waals surface area (Å²) in [4.78, 5) is 0.247. The van der Waals surface area contributed by atoms with Crippen LogP contribution in [0.5, 0.6) is 0 Å². The monoisotopic (exact) mass is 314 g/mol. The first kappa shape index (κ1) is 15.0. The lowest BCUT2D eigenvalue weighted by Crippen LogP contribution is -2.71. The van der Waals surface area contributed by atoms with Gasteiger partial charge in [-0.3, -0.25) is 4.68 Å². The molecule has 8 heteroatoms. The van der Waals surface area contributed by atoms with Crippen LogP contribution >= 0.6 is 0 Å². The Bertz CT molecular complexity index is 655. The number of fused-ring (bicyclic) bond motifs is 1. The summed E-state index contributed by atoms with van der Waals surface area (Å²) < 4.78 is 35.2. The molecule has 1 aromatic heterocycles. The molecule has 2 aliphatic rings. The maximum atomic E-state index is 12.6. The minimum Gasteiger partial charge on any atom is -0.376 e. The quantitative estimate of drug-likeness (QED) is 0.806. The van der Waals surface area contributed by atoms with Crippen molar-refractivity contribution in [3.8, 4) is 0 Å². The molecule has 1 aromatic rings. The van der Waals surface area contributed by atoms with Gasteiger partial charge in [-0.05, 0) is 26.7 Å². The lowest BCUT2D eigenvalue weighted by Gasteiger charge is -2.52. The fourth-order valence-electron chi connectivity index (χ4n) is 3.47. The van der Waals surface area contributed by atoms with Crippen molar-refractivity contribution in [2.45, 2.75) is 49.8 Å². The van der Waals surface area contributed by atoms with Crippen LogP contribution in [-0.2, 0) is 21.8 Å². The smallest absolute Gasteiger partial charge is 0.244 e. The van der Waals surface area contributed by atoms with Gasteiger partial charge in [0.2, 0.25) is 10.0 Å². The van der Waals surface area contributed by atoms with Crippen LogP contribution in [0, 0.1) is 19.8 Å². The van der Waals surface area contributed by atoms with Gasteiger partial charge in [0.25, 0.3) is 0 Å². The van der Waals surface area contributed by atoms with Gasteiger partial charge in [0, 0.05) is 25.6 Å². The molecular weight excluding hydrogens is 292 g/mol. The van der Waals surface area contributed by atoms with E-state index in [0.717, 1.165) is 12.8 Å². The topological polar surface area (TPSA) is 99.2 Å². The molecule has 0 radical (unpaired) electrons. The number of nitrogens with one attached hydrogen (secondary N) is 1. The fourth-order valence-corrected chi connectivity index (χ4v) is 5.19. The van der Waals surface area contributed by atoms with Crippen molar-refractivity contribution in [1.82, 2.24) is 14.5 Å². The van der Waals surface area contributed by atoms with Gasteiger partial charge >= 0.3 is 0 Å². The number of sulfonamides is 1. The van der Waals surface area contributed by atoms with E-state index in [1.165, 1.54) is 0 Å².